The van der Waals surface area contributed by atoms with Gasteiger partial charge < -0.3 is 24.4 Å². The highest BCUT2D eigenvalue weighted by Crippen LogP contribution is 2.36. The van der Waals surface area contributed by atoms with Crippen LogP contribution in [0.4, 0.5) is 0 Å². The van der Waals surface area contributed by atoms with Crippen LogP contribution in [0.5, 0.6) is 0 Å². The molecular weight excluding hydrogens is 739 g/mol. The third kappa shape index (κ3) is 44.9. The number of carbonyl (C=O) groups is 2. The molecule has 0 saturated heterocycles. The van der Waals surface area contributed by atoms with Crippen LogP contribution in [0.25, 0.3) is 0 Å². The van der Waals surface area contributed by atoms with Crippen LogP contribution in [0.2, 0.25) is 0 Å². The van der Waals surface area contributed by atoms with E-state index in [1.807, 2.05) is 24.3 Å². The van der Waals surface area contributed by atoms with Crippen molar-refractivity contribution < 1.29 is 43.0 Å². The Labute approximate surface area is 348 Å². The number of phosphoric acid groups is 1. The number of allylic oxidation sites excluding steroid dienone is 7. The quantitative estimate of drug-likeness (QED) is 0.0238. The highest BCUT2D eigenvalue weighted by molar-refractivity contribution is 7.46. The van der Waals surface area contributed by atoms with Crippen LogP contribution in [0, 0.1) is 5.92 Å². The predicted octanol–water partition coefficient (Wildman–Crippen LogP) is 13.1. The van der Waals surface area contributed by atoms with Crippen molar-refractivity contribution in [2.75, 3.05) is 13.2 Å². The SMILES string of the molecule is CCCC[C@@H](O)/C=C\C/C=C\C/C=C\C/C=C\CCCC(=O)O[C@H](COC(=O)CCCCCCCCCCCCCCCCCCCCC(C)C)COP(=O)(O)O. The summed E-state index contributed by atoms with van der Waals surface area (Å²) in [6.45, 7) is 5.86. The van der Waals surface area contributed by atoms with Crippen LogP contribution in [-0.4, -0.2) is 52.3 Å². The normalized spacial score (nSPS) is 13.5. The van der Waals surface area contributed by atoms with Gasteiger partial charge in [-0.05, 0) is 50.9 Å². The van der Waals surface area contributed by atoms with Crippen molar-refractivity contribution in [3.63, 3.8) is 0 Å². The summed E-state index contributed by atoms with van der Waals surface area (Å²) >= 11 is 0. The Hall–Kier alpha value is -2.03. The molecule has 10 heteroatoms. The topological polar surface area (TPSA) is 140 Å². The Morgan fingerprint density at radius 2 is 1.02 bits per heavy atom. The molecule has 0 aliphatic heterocycles. The Morgan fingerprint density at radius 1 is 0.561 bits per heavy atom. The van der Waals surface area contributed by atoms with Crippen molar-refractivity contribution in [2.45, 2.75) is 219 Å². The van der Waals surface area contributed by atoms with Crippen LogP contribution in [0.1, 0.15) is 207 Å². The van der Waals surface area contributed by atoms with Gasteiger partial charge in [0.05, 0.1) is 12.7 Å². The molecule has 3 N–H and O–H groups in total. The molecule has 0 amide bonds. The van der Waals surface area contributed by atoms with E-state index in [4.69, 9.17) is 19.3 Å². The maximum absolute atomic E-state index is 12.4. The Balaban J connectivity index is 3.95. The molecule has 0 aliphatic carbocycles. The van der Waals surface area contributed by atoms with Gasteiger partial charge >= 0.3 is 19.8 Å². The standard InChI is InChI=1S/C47H85O9P/c1-4-5-37-44(48)38-33-29-25-21-17-14-15-19-23-27-31-35-40-47(50)56-45(42-55-57(51,52)53)41-54-46(49)39-34-30-26-22-18-13-11-9-7-6-8-10-12-16-20-24-28-32-36-43(2)3/h14-15,21,23,25,27,33,38,43-45,48H,4-13,16-20,22,24,26,28-32,34-37,39-42H2,1-3H3,(H2,51,52,53)/b15-14-,25-21-,27-23-,38-33-/t44-,45-/m1/s1. The smallest absolute Gasteiger partial charge is 0.462 e. The highest BCUT2D eigenvalue weighted by atomic mass is 31.2. The number of ether oxygens (including phenoxy) is 2. The second kappa shape index (κ2) is 40.7. The summed E-state index contributed by atoms with van der Waals surface area (Å²) in [6, 6.07) is 0. The predicted molar refractivity (Wildman–Crippen MR) is 236 cm³/mol. The minimum absolute atomic E-state index is 0.119. The van der Waals surface area contributed by atoms with Gasteiger partial charge in [0.2, 0.25) is 0 Å². The molecule has 0 aromatic heterocycles. The number of rotatable bonds is 41. The molecule has 0 aromatic carbocycles. The second-order valence-corrected chi connectivity index (χ2v) is 17.3. The molecular formula is C47H85O9P. The zero-order valence-electron chi connectivity index (χ0n) is 36.5. The van der Waals surface area contributed by atoms with Gasteiger partial charge in [0.1, 0.15) is 6.61 Å². The molecule has 9 nitrogen and oxygen atoms in total. The van der Waals surface area contributed by atoms with Crippen molar-refractivity contribution in [1.82, 2.24) is 0 Å². The van der Waals surface area contributed by atoms with E-state index >= 15 is 0 Å². The van der Waals surface area contributed by atoms with Crippen molar-refractivity contribution in [1.29, 1.82) is 0 Å². The number of hydrogen-bond acceptors (Lipinski definition) is 7. The van der Waals surface area contributed by atoms with Gasteiger partial charge in [-0.15, -0.1) is 0 Å². The fraction of sp³-hybridized carbons (Fsp3) is 0.787. The van der Waals surface area contributed by atoms with Gasteiger partial charge in [-0.1, -0.05) is 198 Å². The lowest BCUT2D eigenvalue weighted by atomic mass is 10.0. The first-order valence-corrected chi connectivity index (χ1v) is 24.4. The average molecular weight is 825 g/mol. The molecule has 0 fully saturated rings. The number of unbranched alkanes of at least 4 members (excludes halogenated alkanes) is 19. The molecule has 0 radical (unpaired) electrons. The van der Waals surface area contributed by atoms with Crippen molar-refractivity contribution in [3.8, 4) is 0 Å². The Bertz CT molecular complexity index is 1090. The largest absolute Gasteiger partial charge is 0.469 e. The molecule has 332 valence electrons. The van der Waals surface area contributed by atoms with E-state index in [-0.39, 0.29) is 25.6 Å². The molecule has 0 spiro atoms. The second-order valence-electron chi connectivity index (χ2n) is 16.0. The van der Waals surface area contributed by atoms with Crippen LogP contribution >= 0.6 is 7.82 Å². The number of aliphatic hydroxyl groups is 1. The lowest BCUT2D eigenvalue weighted by molar-refractivity contribution is -0.161. The first-order chi connectivity index (χ1) is 27.5. The van der Waals surface area contributed by atoms with Crippen LogP contribution in [0.3, 0.4) is 0 Å². The first-order valence-electron chi connectivity index (χ1n) is 22.9. The third-order valence-electron chi connectivity index (χ3n) is 9.85. The molecule has 0 aromatic rings. The molecule has 0 rings (SSSR count). The number of hydrogen-bond donors (Lipinski definition) is 3. The maximum Gasteiger partial charge on any atom is 0.469 e. The summed E-state index contributed by atoms with van der Waals surface area (Å²) < 4.78 is 26.4. The fourth-order valence-corrected chi connectivity index (χ4v) is 6.75. The summed E-state index contributed by atoms with van der Waals surface area (Å²) in [5.41, 5.74) is 0. The van der Waals surface area contributed by atoms with E-state index in [2.05, 4.69) is 49.6 Å². The van der Waals surface area contributed by atoms with E-state index in [9.17, 15) is 19.3 Å². The number of phosphoric ester groups is 1. The minimum atomic E-state index is -4.78. The fourth-order valence-electron chi connectivity index (χ4n) is 6.39. The Morgan fingerprint density at radius 3 is 1.51 bits per heavy atom. The lowest BCUT2D eigenvalue weighted by Gasteiger charge is -2.18. The van der Waals surface area contributed by atoms with E-state index in [1.165, 1.54) is 103 Å². The van der Waals surface area contributed by atoms with Crippen molar-refractivity contribution in [2.24, 2.45) is 5.92 Å². The molecule has 0 saturated carbocycles. The minimum Gasteiger partial charge on any atom is -0.462 e. The van der Waals surface area contributed by atoms with Gasteiger partial charge in [0.15, 0.2) is 6.10 Å². The summed E-state index contributed by atoms with van der Waals surface area (Å²) in [7, 11) is -4.78. The monoisotopic (exact) mass is 825 g/mol. The molecule has 0 bridgehead atoms. The van der Waals surface area contributed by atoms with E-state index in [0.29, 0.717) is 19.3 Å². The van der Waals surface area contributed by atoms with Gasteiger partial charge in [-0.2, -0.15) is 0 Å². The van der Waals surface area contributed by atoms with E-state index < -0.39 is 32.5 Å². The van der Waals surface area contributed by atoms with Crippen LogP contribution < -0.4 is 0 Å². The van der Waals surface area contributed by atoms with Crippen LogP contribution in [-0.2, 0) is 28.2 Å². The molecule has 2 atom stereocenters. The molecule has 0 aliphatic rings. The van der Waals surface area contributed by atoms with Gasteiger partial charge in [-0.3, -0.25) is 14.1 Å². The third-order valence-corrected chi connectivity index (χ3v) is 10.3. The van der Waals surface area contributed by atoms with Gasteiger partial charge in [0.25, 0.3) is 0 Å². The zero-order chi connectivity index (χ0) is 42.1. The summed E-state index contributed by atoms with van der Waals surface area (Å²) in [5, 5.41) is 9.80. The van der Waals surface area contributed by atoms with E-state index in [0.717, 1.165) is 57.3 Å². The molecule has 57 heavy (non-hydrogen) atoms. The first kappa shape index (κ1) is 55.0. The number of aliphatic hydroxyl groups excluding tert-OH is 1. The lowest BCUT2D eigenvalue weighted by Crippen LogP contribution is -2.29. The van der Waals surface area contributed by atoms with Crippen molar-refractivity contribution in [3.05, 3.63) is 48.6 Å². The number of carbonyl (C=O) groups excluding carboxylic acids is 2. The number of esters is 2. The van der Waals surface area contributed by atoms with Gasteiger partial charge in [-0.25, -0.2) is 4.57 Å². The Kier molecular flexibility index (Phi) is 39.3. The maximum atomic E-state index is 12.4. The highest BCUT2D eigenvalue weighted by Gasteiger charge is 2.22. The average Bonchev–Trinajstić information content (AvgIpc) is 3.16. The van der Waals surface area contributed by atoms with Crippen LogP contribution in [0.15, 0.2) is 48.6 Å². The molecule has 0 heterocycles. The summed E-state index contributed by atoms with van der Waals surface area (Å²) in [6.07, 6.45) is 46.1. The van der Waals surface area contributed by atoms with Gasteiger partial charge in [0, 0.05) is 12.8 Å². The summed E-state index contributed by atoms with van der Waals surface area (Å²) in [5.74, 6) is -0.122. The summed E-state index contributed by atoms with van der Waals surface area (Å²) in [4.78, 5) is 42.9. The zero-order valence-corrected chi connectivity index (χ0v) is 37.4. The van der Waals surface area contributed by atoms with E-state index in [1.54, 1.807) is 0 Å². The van der Waals surface area contributed by atoms with Crippen molar-refractivity contribution >= 4 is 19.8 Å². The molecule has 0 unspecified atom stereocenters.